The topological polar surface area (TPSA) is 69.9 Å². The number of carbonyl (C=O) groups is 2. The van der Waals surface area contributed by atoms with E-state index in [-0.39, 0.29) is 11.9 Å². The molecule has 0 bridgehead atoms. The van der Waals surface area contributed by atoms with Crippen LogP contribution in [0.5, 0.6) is 0 Å². The molecule has 0 aliphatic carbocycles. The summed E-state index contributed by atoms with van der Waals surface area (Å²) in [7, 11) is 1.63. The van der Waals surface area contributed by atoms with E-state index in [1.807, 2.05) is 53.1 Å². The molecule has 4 aromatic rings. The van der Waals surface area contributed by atoms with Gasteiger partial charge in [0.25, 0.3) is 5.91 Å². The first-order valence-corrected chi connectivity index (χ1v) is 11.9. The van der Waals surface area contributed by atoms with Crippen LogP contribution in [0.15, 0.2) is 77.8 Å². The van der Waals surface area contributed by atoms with E-state index in [4.69, 9.17) is 9.47 Å². The smallest absolute Gasteiger partial charge is 0.338 e. The largest absolute Gasteiger partial charge is 0.462 e. The molecule has 6 nitrogen and oxygen atoms in total. The zero-order chi connectivity index (χ0) is 23.9. The Morgan fingerprint density at radius 3 is 2.35 bits per heavy atom. The number of aromatic nitrogens is 1. The van der Waals surface area contributed by atoms with Gasteiger partial charge >= 0.3 is 5.97 Å². The first-order valence-electron chi connectivity index (χ1n) is 11.1. The Morgan fingerprint density at radius 2 is 1.65 bits per heavy atom. The van der Waals surface area contributed by atoms with E-state index in [1.54, 1.807) is 26.2 Å². The maximum atomic E-state index is 13.0. The van der Waals surface area contributed by atoms with Gasteiger partial charge in [-0.15, -0.1) is 0 Å². The molecule has 4 rings (SSSR count). The summed E-state index contributed by atoms with van der Waals surface area (Å²) >= 11 is 1.36. The van der Waals surface area contributed by atoms with Crippen molar-refractivity contribution < 1.29 is 19.1 Å². The van der Waals surface area contributed by atoms with Gasteiger partial charge in [-0.25, -0.2) is 4.79 Å². The molecule has 0 atom stereocenters. The van der Waals surface area contributed by atoms with Crippen LogP contribution >= 0.6 is 11.3 Å². The first kappa shape index (κ1) is 23.6. The molecule has 0 spiro atoms. The van der Waals surface area contributed by atoms with Gasteiger partial charge in [-0.1, -0.05) is 53.8 Å². The molecule has 174 valence electrons. The van der Waals surface area contributed by atoms with E-state index >= 15 is 0 Å². The van der Waals surface area contributed by atoms with E-state index in [1.165, 1.54) is 16.9 Å². The van der Waals surface area contributed by atoms with Gasteiger partial charge in [0.05, 0.1) is 29.0 Å². The van der Waals surface area contributed by atoms with Gasteiger partial charge in [0.15, 0.2) is 4.80 Å². The van der Waals surface area contributed by atoms with Crippen molar-refractivity contribution in [2.45, 2.75) is 19.9 Å². The second-order valence-corrected chi connectivity index (χ2v) is 8.72. The van der Waals surface area contributed by atoms with E-state index in [0.717, 1.165) is 22.2 Å². The number of benzene rings is 3. The number of nitrogens with zero attached hydrogens (tertiary/aromatic N) is 2. The number of rotatable bonds is 8. The van der Waals surface area contributed by atoms with Crippen molar-refractivity contribution in [2.75, 3.05) is 20.3 Å². The lowest BCUT2D eigenvalue weighted by Crippen LogP contribution is -2.19. The van der Waals surface area contributed by atoms with Gasteiger partial charge in [-0.2, -0.15) is 4.99 Å². The highest BCUT2D eigenvalue weighted by atomic mass is 32.1. The fourth-order valence-electron chi connectivity index (χ4n) is 3.65. The van der Waals surface area contributed by atoms with Crippen molar-refractivity contribution in [1.29, 1.82) is 0 Å². The average Bonchev–Trinajstić information content (AvgIpc) is 3.19. The molecule has 0 N–H and O–H groups in total. The summed E-state index contributed by atoms with van der Waals surface area (Å²) in [5, 5.41) is 0. The molecule has 0 saturated carbocycles. The zero-order valence-electron chi connectivity index (χ0n) is 19.2. The molecule has 1 amide bonds. The van der Waals surface area contributed by atoms with Gasteiger partial charge in [-0.3, -0.25) is 4.79 Å². The lowest BCUT2D eigenvalue weighted by molar-refractivity contribution is 0.0526. The van der Waals surface area contributed by atoms with Gasteiger partial charge in [0.2, 0.25) is 0 Å². The molecule has 7 heteroatoms. The molecular formula is C27H26N2O4S. The number of methoxy groups -OCH3 is 1. The molecule has 0 radical (unpaired) electrons. The lowest BCUT2D eigenvalue weighted by atomic mass is 10.0. The fourth-order valence-corrected chi connectivity index (χ4v) is 4.74. The Morgan fingerprint density at radius 1 is 0.941 bits per heavy atom. The second-order valence-electron chi connectivity index (χ2n) is 7.71. The predicted molar refractivity (Wildman–Crippen MR) is 133 cm³/mol. The van der Waals surface area contributed by atoms with E-state index < -0.39 is 0 Å². The molecule has 34 heavy (non-hydrogen) atoms. The number of hydrogen-bond acceptors (Lipinski definition) is 5. The summed E-state index contributed by atoms with van der Waals surface area (Å²) < 4.78 is 13.2. The summed E-state index contributed by atoms with van der Waals surface area (Å²) in [6.07, 6.45) is 0.808. The minimum atomic E-state index is -0.369. The van der Waals surface area contributed by atoms with Gasteiger partial charge in [0, 0.05) is 19.2 Å². The number of amides is 1. The van der Waals surface area contributed by atoms with Crippen molar-refractivity contribution in [3.63, 3.8) is 0 Å². The van der Waals surface area contributed by atoms with E-state index in [2.05, 4.69) is 17.1 Å². The van der Waals surface area contributed by atoms with Crippen LogP contribution in [0.25, 0.3) is 10.2 Å². The molecule has 0 aliphatic rings. The van der Waals surface area contributed by atoms with Crippen LogP contribution in [0.3, 0.4) is 0 Å². The molecule has 1 aromatic heterocycles. The second kappa shape index (κ2) is 11.0. The van der Waals surface area contributed by atoms with Crippen LogP contribution in [-0.4, -0.2) is 36.8 Å². The number of carbonyl (C=O) groups excluding carboxylic acids is 2. The van der Waals surface area contributed by atoms with Crippen molar-refractivity contribution >= 4 is 33.4 Å². The Kier molecular flexibility index (Phi) is 7.67. The van der Waals surface area contributed by atoms with Crippen molar-refractivity contribution in [1.82, 2.24) is 4.57 Å². The van der Waals surface area contributed by atoms with Gasteiger partial charge < -0.3 is 14.0 Å². The quantitative estimate of drug-likeness (QED) is 0.342. The minimum Gasteiger partial charge on any atom is -0.462 e. The summed E-state index contributed by atoms with van der Waals surface area (Å²) in [4.78, 5) is 30.1. The third-order valence-electron chi connectivity index (χ3n) is 5.36. The van der Waals surface area contributed by atoms with Crippen molar-refractivity contribution in [3.8, 4) is 0 Å². The van der Waals surface area contributed by atoms with Crippen LogP contribution in [-0.2, 0) is 22.4 Å². The number of esters is 1. The van der Waals surface area contributed by atoms with Crippen LogP contribution in [0.2, 0.25) is 0 Å². The highest BCUT2D eigenvalue weighted by Crippen LogP contribution is 2.20. The Labute approximate surface area is 202 Å². The Bertz CT molecular complexity index is 1360. The van der Waals surface area contributed by atoms with Gasteiger partial charge in [-0.05, 0) is 54.8 Å². The maximum absolute atomic E-state index is 13.0. The third-order valence-corrected chi connectivity index (χ3v) is 6.40. The SMILES string of the molecule is CCOC(=O)c1ccc2c(c1)sc(=NC(=O)c1ccc(Cc3ccccc3)cc1)n2CCOC. The van der Waals surface area contributed by atoms with Crippen LogP contribution in [0, 0.1) is 0 Å². The lowest BCUT2D eigenvalue weighted by Gasteiger charge is -2.05. The first-order chi connectivity index (χ1) is 16.6. The Hall–Kier alpha value is -3.55. The highest BCUT2D eigenvalue weighted by Gasteiger charge is 2.13. The van der Waals surface area contributed by atoms with Crippen LogP contribution in [0.4, 0.5) is 0 Å². The molecule has 0 unspecified atom stereocenters. The number of fused-ring (bicyclic) bond motifs is 1. The van der Waals surface area contributed by atoms with E-state index in [9.17, 15) is 9.59 Å². The van der Waals surface area contributed by atoms with E-state index in [0.29, 0.717) is 35.7 Å². The predicted octanol–water partition coefficient (Wildman–Crippen LogP) is 4.86. The molecule has 0 aliphatic heterocycles. The summed E-state index contributed by atoms with van der Waals surface area (Å²) in [6, 6.07) is 23.1. The van der Waals surface area contributed by atoms with Crippen molar-refractivity contribution in [2.24, 2.45) is 4.99 Å². The number of thiazole rings is 1. The highest BCUT2D eigenvalue weighted by molar-refractivity contribution is 7.16. The van der Waals surface area contributed by atoms with Crippen molar-refractivity contribution in [3.05, 3.63) is 99.9 Å². The summed E-state index contributed by atoms with van der Waals surface area (Å²) in [5.74, 6) is -0.680. The average molecular weight is 475 g/mol. The summed E-state index contributed by atoms with van der Waals surface area (Å²) in [6.45, 7) is 3.10. The number of ether oxygens (including phenoxy) is 2. The molecular weight excluding hydrogens is 448 g/mol. The minimum absolute atomic E-state index is 0.311. The molecule has 0 fully saturated rings. The molecule has 3 aromatic carbocycles. The third kappa shape index (κ3) is 5.50. The Balaban J connectivity index is 1.64. The van der Waals surface area contributed by atoms with Gasteiger partial charge in [0.1, 0.15) is 0 Å². The fraction of sp³-hybridized carbons (Fsp3) is 0.222. The standard InChI is InChI=1S/C27H26N2O4S/c1-3-33-26(31)22-13-14-23-24(18-22)34-27(29(23)15-16-32-2)28-25(30)21-11-9-20(10-12-21)17-19-7-5-4-6-8-19/h4-14,18H,3,15-17H2,1-2H3. The van der Waals surface area contributed by atoms with Crippen LogP contribution < -0.4 is 4.80 Å². The zero-order valence-corrected chi connectivity index (χ0v) is 20.0. The number of hydrogen-bond donors (Lipinski definition) is 0. The normalized spacial score (nSPS) is 11.6. The maximum Gasteiger partial charge on any atom is 0.338 e. The summed E-state index contributed by atoms with van der Waals surface area (Å²) in [5.41, 5.74) is 4.24. The molecule has 1 heterocycles. The monoisotopic (exact) mass is 474 g/mol. The molecule has 0 saturated heterocycles. The van der Waals surface area contributed by atoms with Crippen LogP contribution in [0.1, 0.15) is 38.8 Å².